The van der Waals surface area contributed by atoms with E-state index in [1.165, 1.54) is 0 Å². The summed E-state index contributed by atoms with van der Waals surface area (Å²) < 4.78 is 4.96. The van der Waals surface area contributed by atoms with Gasteiger partial charge in [0.1, 0.15) is 5.71 Å². The minimum Gasteiger partial charge on any atom is -0.461 e. The Hall–Kier alpha value is -1.84. The topological polar surface area (TPSA) is 41.9 Å². The molecule has 0 N–H and O–H groups in total. The van der Waals surface area contributed by atoms with Gasteiger partial charge in [-0.25, -0.2) is 4.79 Å². The van der Waals surface area contributed by atoms with Crippen molar-refractivity contribution in [3.8, 4) is 0 Å². The molecule has 0 radical (unpaired) electrons. The first kappa shape index (κ1) is 11.6. The number of hydrogen-bond donors (Lipinski definition) is 0. The third-order valence-electron chi connectivity index (χ3n) is 2.81. The first-order valence-corrected chi connectivity index (χ1v) is 5.74. The molecule has 1 heterocycles. The van der Waals surface area contributed by atoms with Crippen molar-refractivity contribution in [2.45, 2.75) is 19.4 Å². The quantitative estimate of drug-likeness (QED) is 0.748. The molecular weight excluding hydrogens is 216 g/mol. The van der Waals surface area contributed by atoms with E-state index in [1.54, 1.807) is 6.92 Å². The van der Waals surface area contributed by atoms with Crippen molar-refractivity contribution in [1.82, 2.24) is 5.01 Å². The third kappa shape index (κ3) is 2.46. The van der Waals surface area contributed by atoms with Crippen LogP contribution in [0.5, 0.6) is 0 Å². The second-order valence-corrected chi connectivity index (χ2v) is 3.97. The molecule has 4 heteroatoms. The molecule has 0 aliphatic carbocycles. The summed E-state index contributed by atoms with van der Waals surface area (Å²) in [5.41, 5.74) is 1.67. The van der Waals surface area contributed by atoms with Gasteiger partial charge in [0.25, 0.3) is 0 Å². The number of benzene rings is 1. The Balaban J connectivity index is 2.10. The number of nitrogens with zero attached hydrogens (tertiary/aromatic N) is 2. The molecule has 0 saturated carbocycles. The summed E-state index contributed by atoms with van der Waals surface area (Å²) in [5.74, 6) is -0.308. The van der Waals surface area contributed by atoms with Gasteiger partial charge in [-0.2, -0.15) is 5.10 Å². The predicted molar refractivity (Wildman–Crippen MR) is 65.6 cm³/mol. The van der Waals surface area contributed by atoms with E-state index in [-0.39, 0.29) is 12.0 Å². The lowest BCUT2D eigenvalue weighted by molar-refractivity contribution is -0.135. The minimum atomic E-state index is -0.308. The lowest BCUT2D eigenvalue weighted by atomic mass is 10.0. The Morgan fingerprint density at radius 3 is 2.82 bits per heavy atom. The zero-order valence-corrected chi connectivity index (χ0v) is 10.1. The second kappa shape index (κ2) is 4.99. The van der Waals surface area contributed by atoms with Gasteiger partial charge < -0.3 is 4.74 Å². The van der Waals surface area contributed by atoms with Crippen LogP contribution in [-0.4, -0.2) is 30.3 Å². The van der Waals surface area contributed by atoms with Crippen molar-refractivity contribution in [2.24, 2.45) is 5.10 Å². The molecule has 4 nitrogen and oxygen atoms in total. The molecule has 1 aliphatic rings. The molecule has 1 aliphatic heterocycles. The van der Waals surface area contributed by atoms with E-state index in [4.69, 9.17) is 4.74 Å². The van der Waals surface area contributed by atoms with E-state index in [1.807, 2.05) is 42.4 Å². The predicted octanol–water partition coefficient (Wildman–Crippen LogP) is 1.98. The number of hydrazone groups is 1. The lowest BCUT2D eigenvalue weighted by Crippen LogP contribution is -2.16. The Morgan fingerprint density at radius 1 is 1.47 bits per heavy atom. The Bertz CT molecular complexity index is 428. The largest absolute Gasteiger partial charge is 0.461 e. The summed E-state index contributed by atoms with van der Waals surface area (Å²) in [7, 11) is 1.88. The molecular formula is C13H16N2O2. The van der Waals surface area contributed by atoms with Crippen LogP contribution in [0.2, 0.25) is 0 Å². The fraction of sp³-hybridized carbons (Fsp3) is 0.385. The van der Waals surface area contributed by atoms with E-state index in [9.17, 15) is 4.79 Å². The Morgan fingerprint density at radius 2 is 2.18 bits per heavy atom. The van der Waals surface area contributed by atoms with Crippen LogP contribution < -0.4 is 0 Å². The molecule has 1 aromatic carbocycles. The van der Waals surface area contributed by atoms with Crippen LogP contribution in [0.4, 0.5) is 0 Å². The van der Waals surface area contributed by atoms with Gasteiger partial charge in [-0.15, -0.1) is 0 Å². The maximum Gasteiger partial charge on any atom is 0.354 e. The highest BCUT2D eigenvalue weighted by molar-refractivity contribution is 6.36. The van der Waals surface area contributed by atoms with Gasteiger partial charge in [0.2, 0.25) is 0 Å². The fourth-order valence-electron chi connectivity index (χ4n) is 1.96. The summed E-state index contributed by atoms with van der Waals surface area (Å²) in [6.45, 7) is 2.18. The number of rotatable bonds is 3. The van der Waals surface area contributed by atoms with Crippen LogP contribution in [0.25, 0.3) is 0 Å². The molecule has 0 amide bonds. The highest BCUT2D eigenvalue weighted by Crippen LogP contribution is 2.28. The second-order valence-electron chi connectivity index (χ2n) is 3.97. The standard InChI is InChI=1S/C13H16N2O2/c1-3-17-13(16)11-9-12(15(2)14-11)10-7-5-4-6-8-10/h4-8,12H,3,9H2,1-2H3. The van der Waals surface area contributed by atoms with Gasteiger partial charge in [0.05, 0.1) is 12.6 Å². The van der Waals surface area contributed by atoms with Gasteiger partial charge in [-0.3, -0.25) is 5.01 Å². The first-order valence-electron chi connectivity index (χ1n) is 5.74. The van der Waals surface area contributed by atoms with E-state index in [0.717, 1.165) is 5.56 Å². The van der Waals surface area contributed by atoms with Crippen LogP contribution in [0.15, 0.2) is 35.4 Å². The van der Waals surface area contributed by atoms with Crippen molar-refractivity contribution in [1.29, 1.82) is 0 Å². The van der Waals surface area contributed by atoms with Gasteiger partial charge >= 0.3 is 5.97 Å². The van der Waals surface area contributed by atoms with Crippen molar-refractivity contribution in [3.05, 3.63) is 35.9 Å². The number of carbonyl (C=O) groups is 1. The molecule has 17 heavy (non-hydrogen) atoms. The normalized spacial score (nSPS) is 19.1. The maximum atomic E-state index is 11.6. The maximum absolute atomic E-state index is 11.6. The molecule has 90 valence electrons. The van der Waals surface area contributed by atoms with Gasteiger partial charge in [0, 0.05) is 13.5 Å². The SMILES string of the molecule is CCOC(=O)C1=NN(C)C(c2ccccc2)C1. The number of carbonyl (C=O) groups excluding carboxylic acids is 1. The van der Waals surface area contributed by atoms with E-state index in [0.29, 0.717) is 18.7 Å². The monoisotopic (exact) mass is 232 g/mol. The molecule has 0 saturated heterocycles. The smallest absolute Gasteiger partial charge is 0.354 e. The summed E-state index contributed by atoms with van der Waals surface area (Å²) in [6, 6.07) is 10.2. The van der Waals surface area contributed by atoms with Gasteiger partial charge in [0.15, 0.2) is 0 Å². The van der Waals surface area contributed by atoms with Gasteiger partial charge in [-0.05, 0) is 12.5 Å². The highest BCUT2D eigenvalue weighted by atomic mass is 16.5. The zero-order chi connectivity index (χ0) is 12.3. The summed E-state index contributed by atoms with van der Waals surface area (Å²) in [5, 5.41) is 6.06. The van der Waals surface area contributed by atoms with E-state index < -0.39 is 0 Å². The van der Waals surface area contributed by atoms with Crippen LogP contribution in [0.1, 0.15) is 24.9 Å². The number of ether oxygens (including phenoxy) is 1. The Labute approximate surface area is 101 Å². The minimum absolute atomic E-state index is 0.135. The average molecular weight is 232 g/mol. The molecule has 0 fully saturated rings. The first-order chi connectivity index (χ1) is 8.22. The number of esters is 1. The van der Waals surface area contributed by atoms with Crippen molar-refractivity contribution in [2.75, 3.05) is 13.7 Å². The molecule has 0 bridgehead atoms. The number of hydrogen-bond acceptors (Lipinski definition) is 4. The molecule has 2 rings (SSSR count). The molecule has 1 unspecified atom stereocenters. The van der Waals surface area contributed by atoms with Crippen molar-refractivity contribution >= 4 is 11.7 Å². The molecule has 1 atom stereocenters. The van der Waals surface area contributed by atoms with Crippen LogP contribution in [-0.2, 0) is 9.53 Å². The van der Waals surface area contributed by atoms with Gasteiger partial charge in [-0.1, -0.05) is 30.3 Å². The summed E-state index contributed by atoms with van der Waals surface area (Å²) in [4.78, 5) is 11.6. The molecule has 0 spiro atoms. The lowest BCUT2D eigenvalue weighted by Gasteiger charge is -2.18. The van der Waals surface area contributed by atoms with E-state index in [2.05, 4.69) is 5.10 Å². The summed E-state index contributed by atoms with van der Waals surface area (Å²) >= 11 is 0. The average Bonchev–Trinajstić information content (AvgIpc) is 2.73. The highest BCUT2D eigenvalue weighted by Gasteiger charge is 2.29. The molecule has 0 aromatic heterocycles. The van der Waals surface area contributed by atoms with E-state index >= 15 is 0 Å². The van der Waals surface area contributed by atoms with Crippen molar-refractivity contribution in [3.63, 3.8) is 0 Å². The van der Waals surface area contributed by atoms with Crippen LogP contribution in [0, 0.1) is 0 Å². The summed E-state index contributed by atoms with van der Waals surface area (Å²) in [6.07, 6.45) is 0.610. The zero-order valence-electron chi connectivity index (χ0n) is 10.1. The van der Waals surface area contributed by atoms with Crippen LogP contribution >= 0.6 is 0 Å². The van der Waals surface area contributed by atoms with Crippen LogP contribution in [0.3, 0.4) is 0 Å². The third-order valence-corrected chi connectivity index (χ3v) is 2.81. The Kier molecular flexibility index (Phi) is 3.42. The van der Waals surface area contributed by atoms with Crippen molar-refractivity contribution < 1.29 is 9.53 Å². The fourth-order valence-corrected chi connectivity index (χ4v) is 1.96. The molecule has 1 aromatic rings.